The van der Waals surface area contributed by atoms with Crippen LogP contribution in [0.15, 0.2) is 0 Å². The van der Waals surface area contributed by atoms with Crippen molar-refractivity contribution in [3.63, 3.8) is 0 Å². The number of unbranched alkanes of at least 4 members (excludes halogenated alkanes) is 2. The maximum atomic E-state index is 12.6. The summed E-state index contributed by atoms with van der Waals surface area (Å²) in [5.41, 5.74) is 0. The van der Waals surface area contributed by atoms with Gasteiger partial charge in [0.1, 0.15) is 0 Å². The van der Waals surface area contributed by atoms with E-state index in [1.54, 1.807) is 0 Å². The summed E-state index contributed by atoms with van der Waals surface area (Å²) in [4.78, 5) is 2.00. The van der Waals surface area contributed by atoms with Crippen molar-refractivity contribution in [2.24, 2.45) is 5.92 Å². The molecule has 112 valence electrons. The zero-order valence-corrected chi connectivity index (χ0v) is 11.5. The molecule has 0 radical (unpaired) electrons. The van der Waals surface area contributed by atoms with Crippen LogP contribution in [-0.4, -0.2) is 43.3 Å². The van der Waals surface area contributed by atoms with Crippen molar-refractivity contribution in [1.29, 1.82) is 0 Å². The number of hydrogen-bond acceptors (Lipinski definition) is 2. The molecule has 19 heavy (non-hydrogen) atoms. The second-order valence-corrected chi connectivity index (χ2v) is 5.97. The van der Waals surface area contributed by atoms with Gasteiger partial charge in [0.05, 0.1) is 5.92 Å². The Morgan fingerprint density at radius 1 is 1.05 bits per heavy atom. The Morgan fingerprint density at radius 2 is 1.84 bits per heavy atom. The summed E-state index contributed by atoms with van der Waals surface area (Å²) < 4.78 is 37.9. The number of alkyl halides is 3. The van der Waals surface area contributed by atoms with E-state index >= 15 is 0 Å². The second-order valence-electron chi connectivity index (χ2n) is 5.97. The normalized spacial score (nSPS) is 25.7. The number of nitrogens with one attached hydrogen (secondary N) is 1. The van der Waals surface area contributed by atoms with Crippen molar-refractivity contribution in [1.82, 2.24) is 10.2 Å². The predicted octanol–water partition coefficient (Wildman–Crippen LogP) is 3.18. The van der Waals surface area contributed by atoms with E-state index < -0.39 is 12.1 Å². The molecule has 2 nitrogen and oxygen atoms in total. The molecule has 0 spiro atoms. The molecule has 1 atom stereocenters. The van der Waals surface area contributed by atoms with Crippen LogP contribution in [0, 0.1) is 5.92 Å². The molecular formula is C14H25F3N2. The third-order valence-corrected chi connectivity index (χ3v) is 4.13. The lowest BCUT2D eigenvalue weighted by molar-refractivity contribution is -0.186. The summed E-state index contributed by atoms with van der Waals surface area (Å²) in [5, 5.41) is 3.46. The van der Waals surface area contributed by atoms with Crippen LogP contribution in [0.4, 0.5) is 13.2 Å². The van der Waals surface area contributed by atoms with Gasteiger partial charge in [-0.2, -0.15) is 13.2 Å². The van der Waals surface area contributed by atoms with Gasteiger partial charge in [0.2, 0.25) is 0 Å². The van der Waals surface area contributed by atoms with Gasteiger partial charge < -0.3 is 10.2 Å². The molecule has 2 fully saturated rings. The van der Waals surface area contributed by atoms with Gasteiger partial charge in [-0.25, -0.2) is 0 Å². The molecule has 0 aromatic rings. The van der Waals surface area contributed by atoms with Gasteiger partial charge in [-0.1, -0.05) is 6.42 Å². The fourth-order valence-corrected chi connectivity index (χ4v) is 2.76. The Hall–Kier alpha value is -0.290. The van der Waals surface area contributed by atoms with Crippen LogP contribution in [-0.2, 0) is 0 Å². The molecule has 1 aliphatic carbocycles. The minimum absolute atomic E-state index is 0.212. The summed E-state index contributed by atoms with van der Waals surface area (Å²) in [7, 11) is 0. The van der Waals surface area contributed by atoms with E-state index in [0.717, 1.165) is 44.9 Å². The first-order valence-electron chi connectivity index (χ1n) is 7.58. The monoisotopic (exact) mass is 278 g/mol. The van der Waals surface area contributed by atoms with Crippen LogP contribution in [0.5, 0.6) is 0 Å². The van der Waals surface area contributed by atoms with E-state index in [4.69, 9.17) is 0 Å². The predicted molar refractivity (Wildman–Crippen MR) is 70.1 cm³/mol. The number of halogens is 3. The zero-order chi connectivity index (χ0) is 13.7. The highest BCUT2D eigenvalue weighted by Crippen LogP contribution is 2.33. The first-order chi connectivity index (χ1) is 9.05. The number of rotatable bonds is 7. The standard InChI is InChI=1S/C14H25F3N2/c15-14(16,17)12-5-4-10-19(11-12)9-3-1-2-8-18-13-6-7-13/h12-13,18H,1-11H2. The fourth-order valence-electron chi connectivity index (χ4n) is 2.76. The molecule has 1 saturated carbocycles. The third kappa shape index (κ3) is 5.69. The van der Waals surface area contributed by atoms with Gasteiger partial charge >= 0.3 is 6.18 Å². The fraction of sp³-hybridized carbons (Fsp3) is 1.00. The lowest BCUT2D eigenvalue weighted by Gasteiger charge is -2.33. The Morgan fingerprint density at radius 3 is 2.53 bits per heavy atom. The van der Waals surface area contributed by atoms with Crippen LogP contribution in [0.1, 0.15) is 44.9 Å². The molecule has 2 aliphatic rings. The first kappa shape index (κ1) is 15.1. The highest BCUT2D eigenvalue weighted by molar-refractivity contribution is 4.80. The van der Waals surface area contributed by atoms with Crippen molar-refractivity contribution >= 4 is 0 Å². The molecular weight excluding hydrogens is 253 g/mol. The molecule has 2 rings (SSSR count). The Labute approximate surface area is 113 Å². The van der Waals surface area contributed by atoms with Crippen molar-refractivity contribution in [3.8, 4) is 0 Å². The summed E-state index contributed by atoms with van der Waals surface area (Å²) in [5.74, 6) is -1.10. The Balaban J connectivity index is 1.52. The van der Waals surface area contributed by atoms with Crippen molar-refractivity contribution in [3.05, 3.63) is 0 Å². The van der Waals surface area contributed by atoms with E-state index in [-0.39, 0.29) is 6.54 Å². The number of likely N-dealkylation sites (tertiary alicyclic amines) is 1. The molecule has 1 aliphatic heterocycles. The van der Waals surface area contributed by atoms with Crippen LogP contribution >= 0.6 is 0 Å². The first-order valence-corrected chi connectivity index (χ1v) is 7.58. The minimum Gasteiger partial charge on any atom is -0.314 e. The largest absolute Gasteiger partial charge is 0.393 e. The smallest absolute Gasteiger partial charge is 0.314 e. The highest BCUT2D eigenvalue weighted by Gasteiger charge is 2.41. The van der Waals surface area contributed by atoms with Crippen molar-refractivity contribution < 1.29 is 13.2 Å². The van der Waals surface area contributed by atoms with Crippen LogP contribution < -0.4 is 5.32 Å². The van der Waals surface area contributed by atoms with Gasteiger partial charge in [-0.05, 0) is 58.2 Å². The molecule has 0 bridgehead atoms. The number of hydrogen-bond donors (Lipinski definition) is 1. The quantitative estimate of drug-likeness (QED) is 0.720. The maximum absolute atomic E-state index is 12.6. The van der Waals surface area contributed by atoms with Gasteiger partial charge in [-0.3, -0.25) is 0 Å². The van der Waals surface area contributed by atoms with E-state index in [1.807, 2.05) is 4.90 Å². The highest BCUT2D eigenvalue weighted by atomic mass is 19.4. The number of piperidine rings is 1. The molecule has 1 unspecified atom stereocenters. The van der Waals surface area contributed by atoms with Crippen LogP contribution in [0.2, 0.25) is 0 Å². The van der Waals surface area contributed by atoms with Crippen LogP contribution in [0.25, 0.3) is 0 Å². The number of nitrogens with zero attached hydrogens (tertiary/aromatic N) is 1. The molecule has 0 aromatic carbocycles. The van der Waals surface area contributed by atoms with Gasteiger partial charge in [0, 0.05) is 12.6 Å². The van der Waals surface area contributed by atoms with Crippen molar-refractivity contribution in [2.75, 3.05) is 26.2 Å². The van der Waals surface area contributed by atoms with Gasteiger partial charge in [0.15, 0.2) is 0 Å². The summed E-state index contributed by atoms with van der Waals surface area (Å²) in [6, 6.07) is 0.759. The summed E-state index contributed by atoms with van der Waals surface area (Å²) >= 11 is 0. The maximum Gasteiger partial charge on any atom is 0.393 e. The molecule has 1 heterocycles. The lowest BCUT2D eigenvalue weighted by atomic mass is 9.97. The van der Waals surface area contributed by atoms with E-state index in [1.165, 1.54) is 12.8 Å². The summed E-state index contributed by atoms with van der Waals surface area (Å²) in [6.45, 7) is 2.95. The SMILES string of the molecule is FC(F)(F)C1CCCN(CCCCCNC2CC2)C1. The molecule has 0 aromatic heterocycles. The molecule has 0 amide bonds. The topological polar surface area (TPSA) is 15.3 Å². The van der Waals surface area contributed by atoms with Gasteiger partial charge in [0.25, 0.3) is 0 Å². The molecule has 1 N–H and O–H groups in total. The molecule has 1 saturated heterocycles. The average molecular weight is 278 g/mol. The van der Waals surface area contributed by atoms with E-state index in [0.29, 0.717) is 12.8 Å². The van der Waals surface area contributed by atoms with E-state index in [2.05, 4.69) is 5.32 Å². The van der Waals surface area contributed by atoms with Gasteiger partial charge in [-0.15, -0.1) is 0 Å². The second kappa shape index (κ2) is 6.93. The van der Waals surface area contributed by atoms with Crippen molar-refractivity contribution in [2.45, 2.75) is 57.2 Å². The lowest BCUT2D eigenvalue weighted by Crippen LogP contribution is -2.42. The minimum atomic E-state index is -4.01. The summed E-state index contributed by atoms with van der Waals surface area (Å²) in [6.07, 6.45) is 2.90. The molecule has 5 heteroatoms. The average Bonchev–Trinajstić information content (AvgIpc) is 3.17. The Kier molecular flexibility index (Phi) is 5.51. The zero-order valence-electron chi connectivity index (χ0n) is 11.5. The third-order valence-electron chi connectivity index (χ3n) is 4.13. The van der Waals surface area contributed by atoms with E-state index in [9.17, 15) is 13.2 Å². The Bertz CT molecular complexity index is 264. The van der Waals surface area contributed by atoms with Crippen LogP contribution in [0.3, 0.4) is 0 Å².